The number of carbonyl (C=O) groups is 1. The second-order valence-electron chi connectivity index (χ2n) is 6.51. The van der Waals surface area contributed by atoms with Gasteiger partial charge in [0.25, 0.3) is 5.91 Å². The number of benzene rings is 1. The molecule has 0 unspecified atom stereocenters. The molecule has 0 bridgehead atoms. The van der Waals surface area contributed by atoms with Crippen LogP contribution in [0, 0.1) is 13.8 Å². The van der Waals surface area contributed by atoms with Crippen LogP contribution in [0.25, 0.3) is 10.2 Å². The second kappa shape index (κ2) is 6.99. The topological polar surface area (TPSA) is 68.2 Å². The van der Waals surface area contributed by atoms with Crippen molar-refractivity contribution in [2.24, 2.45) is 0 Å². The fourth-order valence-electron chi connectivity index (χ4n) is 3.23. The molecule has 7 heteroatoms. The van der Waals surface area contributed by atoms with Crippen LogP contribution in [-0.2, 0) is 0 Å². The van der Waals surface area contributed by atoms with Gasteiger partial charge in [0, 0.05) is 18.3 Å². The number of hydrogen-bond acceptors (Lipinski definition) is 6. The molecule has 4 rings (SSSR count). The molecule has 6 nitrogen and oxygen atoms in total. The molecule has 1 aliphatic heterocycles. The van der Waals surface area contributed by atoms with Crippen molar-refractivity contribution < 1.29 is 9.53 Å². The number of ether oxygens (including phenoxy) is 1. The molecular weight excluding hydrogens is 348 g/mol. The van der Waals surface area contributed by atoms with E-state index in [1.54, 1.807) is 0 Å². The van der Waals surface area contributed by atoms with E-state index >= 15 is 0 Å². The van der Waals surface area contributed by atoms with Crippen LogP contribution >= 0.6 is 11.3 Å². The minimum Gasteiger partial charge on any atom is -0.472 e. The maximum atomic E-state index is 12.9. The summed E-state index contributed by atoms with van der Waals surface area (Å²) in [5.74, 6) is 1.25. The van der Waals surface area contributed by atoms with Crippen molar-refractivity contribution in [2.75, 3.05) is 13.1 Å². The Morgan fingerprint density at radius 1 is 1.23 bits per heavy atom. The molecule has 3 aromatic rings. The quantitative estimate of drug-likeness (QED) is 0.709. The fraction of sp³-hybridized carbons (Fsp3) is 0.368. The Labute approximate surface area is 155 Å². The van der Waals surface area contributed by atoms with Crippen molar-refractivity contribution in [2.45, 2.75) is 32.8 Å². The summed E-state index contributed by atoms with van der Waals surface area (Å²) in [6, 6.07) is 9.66. The van der Waals surface area contributed by atoms with Gasteiger partial charge in [-0.1, -0.05) is 12.1 Å². The molecule has 0 aliphatic carbocycles. The number of piperidine rings is 1. The van der Waals surface area contributed by atoms with E-state index in [4.69, 9.17) is 4.74 Å². The molecule has 1 fully saturated rings. The molecule has 0 spiro atoms. The number of likely N-dealkylation sites (tertiary alicyclic amines) is 1. The van der Waals surface area contributed by atoms with Crippen LogP contribution in [0.4, 0.5) is 0 Å². The Kier molecular flexibility index (Phi) is 4.55. The Morgan fingerprint density at radius 3 is 2.88 bits per heavy atom. The lowest BCUT2D eigenvalue weighted by Gasteiger charge is -2.32. The van der Waals surface area contributed by atoms with Gasteiger partial charge < -0.3 is 9.64 Å². The van der Waals surface area contributed by atoms with E-state index < -0.39 is 0 Å². The van der Waals surface area contributed by atoms with Crippen LogP contribution in [0.1, 0.15) is 34.2 Å². The molecule has 1 aromatic carbocycles. The first-order chi connectivity index (χ1) is 12.6. The maximum absolute atomic E-state index is 12.9. The Balaban J connectivity index is 1.48. The summed E-state index contributed by atoms with van der Waals surface area (Å²) in [6.45, 7) is 5.06. The zero-order chi connectivity index (χ0) is 18.1. The monoisotopic (exact) mass is 368 g/mol. The van der Waals surface area contributed by atoms with E-state index in [2.05, 4.69) is 15.0 Å². The number of fused-ring (bicyclic) bond motifs is 1. The fourth-order valence-corrected chi connectivity index (χ4v) is 4.17. The molecule has 2 aromatic heterocycles. The summed E-state index contributed by atoms with van der Waals surface area (Å²) in [5, 5.41) is 0.542. The number of hydrogen-bond donors (Lipinski definition) is 0. The molecule has 0 saturated carbocycles. The van der Waals surface area contributed by atoms with E-state index in [0.29, 0.717) is 23.3 Å². The average Bonchev–Trinajstić information content (AvgIpc) is 3.04. The van der Waals surface area contributed by atoms with Gasteiger partial charge in [0.15, 0.2) is 5.01 Å². The molecule has 0 N–H and O–H groups in total. The highest BCUT2D eigenvalue weighted by molar-refractivity contribution is 7.20. The van der Waals surface area contributed by atoms with Gasteiger partial charge in [0.05, 0.1) is 16.8 Å². The van der Waals surface area contributed by atoms with E-state index in [-0.39, 0.29) is 12.0 Å². The third-order valence-corrected chi connectivity index (χ3v) is 5.40. The number of aromatic nitrogens is 3. The molecule has 134 valence electrons. The lowest BCUT2D eigenvalue weighted by atomic mass is 10.1. The van der Waals surface area contributed by atoms with Crippen molar-refractivity contribution in [3.63, 3.8) is 0 Å². The predicted molar refractivity (Wildman–Crippen MR) is 101 cm³/mol. The summed E-state index contributed by atoms with van der Waals surface area (Å²) in [7, 11) is 0. The molecule has 1 atom stereocenters. The Morgan fingerprint density at radius 2 is 2.08 bits per heavy atom. The van der Waals surface area contributed by atoms with Gasteiger partial charge in [-0.3, -0.25) is 4.79 Å². The summed E-state index contributed by atoms with van der Waals surface area (Å²) in [4.78, 5) is 27.8. The predicted octanol–water partition coefficient (Wildman–Crippen LogP) is 3.39. The first-order valence-electron chi connectivity index (χ1n) is 8.72. The van der Waals surface area contributed by atoms with Crippen LogP contribution in [0.3, 0.4) is 0 Å². The van der Waals surface area contributed by atoms with Crippen LogP contribution in [0.5, 0.6) is 5.88 Å². The SMILES string of the molecule is Cc1cc(O[C@@H]2CCCN(C(=O)c3nc4ccccc4s3)C2)nc(C)n1. The van der Waals surface area contributed by atoms with Crippen molar-refractivity contribution in [3.05, 3.63) is 46.9 Å². The Bertz CT molecular complexity index is 902. The van der Waals surface area contributed by atoms with Crippen molar-refractivity contribution in [1.82, 2.24) is 19.9 Å². The smallest absolute Gasteiger partial charge is 0.282 e. The second-order valence-corrected chi connectivity index (χ2v) is 7.55. The number of thiazole rings is 1. The lowest BCUT2D eigenvalue weighted by Crippen LogP contribution is -2.44. The third-order valence-electron chi connectivity index (χ3n) is 4.37. The minimum atomic E-state index is -0.0595. The van der Waals surface area contributed by atoms with Crippen molar-refractivity contribution in [1.29, 1.82) is 0 Å². The molecule has 3 heterocycles. The summed E-state index contributed by atoms with van der Waals surface area (Å²) in [6.07, 6.45) is 1.76. The van der Waals surface area contributed by atoms with Gasteiger partial charge in [0.2, 0.25) is 5.88 Å². The number of rotatable bonds is 3. The van der Waals surface area contributed by atoms with Gasteiger partial charge in [-0.15, -0.1) is 11.3 Å². The number of carbonyl (C=O) groups excluding carboxylic acids is 1. The summed E-state index contributed by atoms with van der Waals surface area (Å²) in [5.41, 5.74) is 1.75. The standard InChI is InChI=1S/C19H20N4O2S/c1-12-10-17(21-13(2)20-12)25-14-6-5-9-23(11-14)19(24)18-22-15-7-3-4-8-16(15)26-18/h3-4,7-8,10,14H,5-6,9,11H2,1-2H3/t14-/m1/s1. The van der Waals surface area contributed by atoms with Gasteiger partial charge in [-0.25, -0.2) is 9.97 Å². The van der Waals surface area contributed by atoms with E-state index in [1.165, 1.54) is 11.3 Å². The summed E-state index contributed by atoms with van der Waals surface area (Å²) >= 11 is 1.44. The highest BCUT2D eigenvalue weighted by Crippen LogP contribution is 2.24. The van der Waals surface area contributed by atoms with Crippen LogP contribution in [0.15, 0.2) is 30.3 Å². The normalized spacial score (nSPS) is 17.5. The zero-order valence-electron chi connectivity index (χ0n) is 14.8. The zero-order valence-corrected chi connectivity index (χ0v) is 15.6. The number of amides is 1. The van der Waals surface area contributed by atoms with E-state index in [0.717, 1.165) is 35.3 Å². The minimum absolute atomic E-state index is 0.0189. The van der Waals surface area contributed by atoms with Crippen molar-refractivity contribution in [3.8, 4) is 5.88 Å². The van der Waals surface area contributed by atoms with Crippen molar-refractivity contribution >= 4 is 27.5 Å². The van der Waals surface area contributed by atoms with Gasteiger partial charge >= 0.3 is 0 Å². The van der Waals surface area contributed by atoms with Crippen LogP contribution in [0.2, 0.25) is 0 Å². The molecular formula is C19H20N4O2S. The molecule has 1 saturated heterocycles. The largest absolute Gasteiger partial charge is 0.472 e. The third kappa shape index (κ3) is 3.53. The van der Waals surface area contributed by atoms with Crippen LogP contribution < -0.4 is 4.74 Å². The lowest BCUT2D eigenvalue weighted by molar-refractivity contribution is 0.0526. The molecule has 26 heavy (non-hydrogen) atoms. The maximum Gasteiger partial charge on any atom is 0.282 e. The number of para-hydroxylation sites is 1. The van der Waals surface area contributed by atoms with Gasteiger partial charge in [-0.05, 0) is 38.8 Å². The average molecular weight is 368 g/mol. The van der Waals surface area contributed by atoms with Gasteiger partial charge in [0.1, 0.15) is 11.9 Å². The summed E-state index contributed by atoms with van der Waals surface area (Å²) < 4.78 is 7.06. The van der Waals surface area contributed by atoms with E-state index in [9.17, 15) is 4.79 Å². The first-order valence-corrected chi connectivity index (χ1v) is 9.54. The molecule has 1 aliphatic rings. The highest BCUT2D eigenvalue weighted by Gasteiger charge is 2.27. The molecule has 1 amide bonds. The number of aryl methyl sites for hydroxylation is 2. The van der Waals surface area contributed by atoms with Gasteiger partial charge in [-0.2, -0.15) is 4.98 Å². The molecule has 0 radical (unpaired) electrons. The highest BCUT2D eigenvalue weighted by atomic mass is 32.1. The number of nitrogens with zero attached hydrogens (tertiary/aromatic N) is 4. The Hall–Kier alpha value is -2.54. The first kappa shape index (κ1) is 16.9. The van der Waals surface area contributed by atoms with Crippen LogP contribution in [-0.4, -0.2) is 45.0 Å². The van der Waals surface area contributed by atoms with E-state index in [1.807, 2.05) is 49.1 Å².